The van der Waals surface area contributed by atoms with E-state index in [0.29, 0.717) is 19.4 Å². The van der Waals surface area contributed by atoms with E-state index in [1.54, 1.807) is 0 Å². The van der Waals surface area contributed by atoms with Gasteiger partial charge in [0.15, 0.2) is 0 Å². The Morgan fingerprint density at radius 3 is 2.36 bits per heavy atom. The predicted octanol–water partition coefficient (Wildman–Crippen LogP) is 4.79. The Bertz CT molecular complexity index is 662. The fourth-order valence-corrected chi connectivity index (χ4v) is 3.32. The van der Waals surface area contributed by atoms with Gasteiger partial charge in [-0.05, 0) is 49.1 Å². The van der Waals surface area contributed by atoms with Crippen LogP contribution in [0.5, 0.6) is 0 Å². The first kappa shape index (κ1) is 19.4. The van der Waals surface area contributed by atoms with Gasteiger partial charge in [-0.1, -0.05) is 57.5 Å². The van der Waals surface area contributed by atoms with Crippen LogP contribution in [0.3, 0.4) is 0 Å². The van der Waals surface area contributed by atoms with Crippen LogP contribution in [0.2, 0.25) is 0 Å². The molecule has 0 aliphatic carbocycles. The van der Waals surface area contributed by atoms with E-state index in [9.17, 15) is 9.59 Å². The zero-order valence-corrected chi connectivity index (χ0v) is 16.3. The highest BCUT2D eigenvalue weighted by molar-refractivity contribution is 6.05. The second kappa shape index (κ2) is 7.99. The molecule has 2 amide bonds. The smallest absolute Gasteiger partial charge is 0.256 e. The molecular weight excluding hydrogens is 310 g/mol. The van der Waals surface area contributed by atoms with Crippen LogP contribution in [0.4, 0.5) is 0 Å². The minimum Gasteiger partial charge on any atom is -0.278 e. The zero-order chi connectivity index (χ0) is 18.6. The van der Waals surface area contributed by atoms with Crippen molar-refractivity contribution >= 4 is 11.8 Å². The SMILES string of the molecule is CCC1=C(C)CCN(C(=O)CCCc2ccc(C(C)(C)C)cc2)C1=O. The lowest BCUT2D eigenvalue weighted by Gasteiger charge is -2.27. The van der Waals surface area contributed by atoms with E-state index in [1.807, 2.05) is 13.8 Å². The molecule has 0 saturated heterocycles. The van der Waals surface area contributed by atoms with Gasteiger partial charge >= 0.3 is 0 Å². The van der Waals surface area contributed by atoms with Crippen molar-refractivity contribution in [1.82, 2.24) is 4.90 Å². The molecule has 25 heavy (non-hydrogen) atoms. The van der Waals surface area contributed by atoms with Crippen molar-refractivity contribution in [3.05, 3.63) is 46.5 Å². The van der Waals surface area contributed by atoms with E-state index in [0.717, 1.165) is 30.4 Å². The largest absolute Gasteiger partial charge is 0.278 e. The number of carbonyl (C=O) groups excluding carboxylic acids is 2. The van der Waals surface area contributed by atoms with Gasteiger partial charge in [0, 0.05) is 18.5 Å². The number of benzene rings is 1. The molecule has 1 aromatic rings. The Balaban J connectivity index is 1.88. The molecule has 1 aliphatic heterocycles. The van der Waals surface area contributed by atoms with Gasteiger partial charge < -0.3 is 0 Å². The van der Waals surface area contributed by atoms with Crippen LogP contribution in [0.15, 0.2) is 35.4 Å². The second-order valence-corrected chi connectivity index (χ2v) is 8.01. The summed E-state index contributed by atoms with van der Waals surface area (Å²) < 4.78 is 0. The van der Waals surface area contributed by atoms with E-state index in [4.69, 9.17) is 0 Å². The Hall–Kier alpha value is -1.90. The molecule has 0 atom stereocenters. The van der Waals surface area contributed by atoms with Gasteiger partial charge in [-0.25, -0.2) is 0 Å². The number of nitrogens with zero attached hydrogens (tertiary/aromatic N) is 1. The molecule has 3 nitrogen and oxygen atoms in total. The minimum atomic E-state index is -0.0780. The molecule has 0 N–H and O–H groups in total. The molecule has 0 saturated carbocycles. The van der Waals surface area contributed by atoms with Crippen molar-refractivity contribution in [1.29, 1.82) is 0 Å². The van der Waals surface area contributed by atoms with Gasteiger partial charge in [0.2, 0.25) is 5.91 Å². The summed E-state index contributed by atoms with van der Waals surface area (Å²) in [5.41, 5.74) is 4.68. The number of amides is 2. The molecular formula is C22H31NO2. The van der Waals surface area contributed by atoms with Crippen molar-refractivity contribution in [2.45, 2.75) is 72.1 Å². The lowest BCUT2D eigenvalue weighted by molar-refractivity contribution is -0.143. The summed E-state index contributed by atoms with van der Waals surface area (Å²) in [6, 6.07) is 8.65. The number of rotatable bonds is 5. The van der Waals surface area contributed by atoms with Crippen LogP contribution in [-0.4, -0.2) is 23.3 Å². The van der Waals surface area contributed by atoms with Crippen LogP contribution in [0.25, 0.3) is 0 Å². The zero-order valence-electron chi connectivity index (χ0n) is 16.3. The Kier molecular flexibility index (Phi) is 6.21. The molecule has 0 spiro atoms. The van der Waals surface area contributed by atoms with Crippen molar-refractivity contribution in [3.8, 4) is 0 Å². The normalized spacial score (nSPS) is 15.7. The van der Waals surface area contributed by atoms with E-state index in [-0.39, 0.29) is 17.2 Å². The summed E-state index contributed by atoms with van der Waals surface area (Å²) in [5, 5.41) is 0. The highest BCUT2D eigenvalue weighted by Crippen LogP contribution is 2.24. The third-order valence-electron chi connectivity index (χ3n) is 5.06. The van der Waals surface area contributed by atoms with E-state index >= 15 is 0 Å². The molecule has 0 fully saturated rings. The first-order chi connectivity index (χ1) is 11.7. The lowest BCUT2D eigenvalue weighted by Crippen LogP contribution is -2.41. The molecule has 136 valence electrons. The lowest BCUT2D eigenvalue weighted by atomic mass is 9.86. The monoisotopic (exact) mass is 341 g/mol. The molecule has 3 heteroatoms. The molecule has 2 rings (SSSR count). The number of carbonyl (C=O) groups is 2. The quantitative estimate of drug-likeness (QED) is 0.772. The number of hydrogen-bond donors (Lipinski definition) is 0. The standard InChI is InChI=1S/C22H31NO2/c1-6-19-16(2)14-15-23(21(19)25)20(24)9-7-8-17-10-12-18(13-11-17)22(3,4)5/h10-13H,6-9,14-15H2,1-5H3. The summed E-state index contributed by atoms with van der Waals surface area (Å²) in [5.74, 6) is -0.111. The average molecular weight is 341 g/mol. The number of hydrogen-bond acceptors (Lipinski definition) is 2. The fourth-order valence-electron chi connectivity index (χ4n) is 3.32. The summed E-state index contributed by atoms with van der Waals surface area (Å²) in [6.45, 7) is 11.1. The molecule has 1 aliphatic rings. The summed E-state index contributed by atoms with van der Waals surface area (Å²) in [6.07, 6.45) is 3.60. The molecule has 0 unspecified atom stereocenters. The third kappa shape index (κ3) is 4.81. The van der Waals surface area contributed by atoms with Crippen molar-refractivity contribution in [2.75, 3.05) is 6.54 Å². The molecule has 1 heterocycles. The van der Waals surface area contributed by atoms with Gasteiger partial charge in [0.25, 0.3) is 5.91 Å². The molecule has 0 bridgehead atoms. The minimum absolute atomic E-state index is 0.0326. The summed E-state index contributed by atoms with van der Waals surface area (Å²) in [4.78, 5) is 26.3. The summed E-state index contributed by atoms with van der Waals surface area (Å²) >= 11 is 0. The molecule has 1 aromatic carbocycles. The fraction of sp³-hybridized carbons (Fsp3) is 0.545. The van der Waals surface area contributed by atoms with Crippen LogP contribution >= 0.6 is 0 Å². The van der Waals surface area contributed by atoms with Crippen LogP contribution in [0, 0.1) is 0 Å². The third-order valence-corrected chi connectivity index (χ3v) is 5.06. The maximum atomic E-state index is 12.4. The van der Waals surface area contributed by atoms with Gasteiger partial charge in [-0.2, -0.15) is 0 Å². The van der Waals surface area contributed by atoms with E-state index in [1.165, 1.54) is 16.0 Å². The van der Waals surface area contributed by atoms with Crippen LogP contribution < -0.4 is 0 Å². The Labute approximate surface area is 152 Å². The average Bonchev–Trinajstić information content (AvgIpc) is 2.55. The van der Waals surface area contributed by atoms with Crippen LogP contribution in [0.1, 0.15) is 71.4 Å². The first-order valence-electron chi connectivity index (χ1n) is 9.36. The van der Waals surface area contributed by atoms with Crippen LogP contribution in [-0.2, 0) is 21.4 Å². The topological polar surface area (TPSA) is 37.4 Å². The highest BCUT2D eigenvalue weighted by Gasteiger charge is 2.28. The maximum absolute atomic E-state index is 12.4. The van der Waals surface area contributed by atoms with E-state index in [2.05, 4.69) is 45.0 Å². The van der Waals surface area contributed by atoms with Gasteiger partial charge in [0.1, 0.15) is 0 Å². The predicted molar refractivity (Wildman–Crippen MR) is 102 cm³/mol. The van der Waals surface area contributed by atoms with Crippen molar-refractivity contribution in [2.24, 2.45) is 0 Å². The highest BCUT2D eigenvalue weighted by atomic mass is 16.2. The van der Waals surface area contributed by atoms with Gasteiger partial charge in [-0.3, -0.25) is 14.5 Å². The van der Waals surface area contributed by atoms with Crippen molar-refractivity contribution < 1.29 is 9.59 Å². The number of aryl methyl sites for hydroxylation is 1. The first-order valence-corrected chi connectivity index (χ1v) is 9.36. The Morgan fingerprint density at radius 2 is 1.80 bits per heavy atom. The Morgan fingerprint density at radius 1 is 1.16 bits per heavy atom. The molecule has 0 aromatic heterocycles. The number of imide groups is 1. The van der Waals surface area contributed by atoms with Gasteiger partial charge in [0.05, 0.1) is 0 Å². The maximum Gasteiger partial charge on any atom is 0.256 e. The van der Waals surface area contributed by atoms with Crippen molar-refractivity contribution in [3.63, 3.8) is 0 Å². The molecule has 0 radical (unpaired) electrons. The van der Waals surface area contributed by atoms with E-state index < -0.39 is 0 Å². The summed E-state index contributed by atoms with van der Waals surface area (Å²) in [7, 11) is 0. The van der Waals surface area contributed by atoms with Gasteiger partial charge in [-0.15, -0.1) is 0 Å². The second-order valence-electron chi connectivity index (χ2n) is 8.01.